The van der Waals surface area contributed by atoms with Crippen LogP contribution in [-0.4, -0.2) is 11.4 Å². The van der Waals surface area contributed by atoms with Crippen LogP contribution in [0, 0.1) is 6.92 Å². The van der Waals surface area contributed by atoms with Crippen molar-refractivity contribution in [1.82, 2.24) is 4.98 Å². The highest BCUT2D eigenvalue weighted by Gasteiger charge is 2.09. The van der Waals surface area contributed by atoms with Crippen LogP contribution in [0.3, 0.4) is 0 Å². The first kappa shape index (κ1) is 7.18. The van der Waals surface area contributed by atoms with E-state index in [1.165, 1.54) is 6.39 Å². The molecule has 2 nitrogen and oxygen atoms in total. The molecule has 1 rings (SSSR count). The van der Waals surface area contributed by atoms with Gasteiger partial charge in [0, 0.05) is 0 Å². The highest BCUT2D eigenvalue weighted by Crippen LogP contribution is 2.09. The van der Waals surface area contributed by atoms with Crippen LogP contribution in [0.15, 0.2) is 10.8 Å². The Labute approximate surface area is 56.9 Å². The molecule has 4 heteroatoms. The van der Waals surface area contributed by atoms with Crippen LogP contribution in [0.5, 0.6) is 0 Å². The van der Waals surface area contributed by atoms with Crippen molar-refractivity contribution in [2.45, 2.75) is 19.8 Å². The Morgan fingerprint density at radius 1 is 1.70 bits per heavy atom. The van der Waals surface area contributed by atoms with E-state index in [-0.39, 0.29) is 6.42 Å². The Morgan fingerprint density at radius 3 is 2.80 bits per heavy atom. The minimum Gasteiger partial charge on any atom is -0.449 e. The van der Waals surface area contributed by atoms with E-state index in [4.69, 9.17) is 4.42 Å². The average molecular weight is 147 g/mol. The summed E-state index contributed by atoms with van der Waals surface area (Å²) in [5.74, 6) is 0.473. The number of aromatic nitrogens is 1. The van der Waals surface area contributed by atoms with E-state index in [2.05, 4.69) is 4.98 Å². The van der Waals surface area contributed by atoms with Gasteiger partial charge < -0.3 is 4.42 Å². The van der Waals surface area contributed by atoms with Crippen LogP contribution in [-0.2, 0) is 6.42 Å². The van der Waals surface area contributed by atoms with Gasteiger partial charge in [0.05, 0.1) is 12.1 Å². The van der Waals surface area contributed by atoms with E-state index in [0.29, 0.717) is 11.5 Å². The summed E-state index contributed by atoms with van der Waals surface area (Å²) in [5.41, 5.74) is 0.343. The molecule has 0 radical (unpaired) electrons. The zero-order valence-corrected chi connectivity index (χ0v) is 5.47. The molecule has 0 amide bonds. The summed E-state index contributed by atoms with van der Waals surface area (Å²) in [4.78, 5) is 3.61. The number of hydrogen-bond acceptors (Lipinski definition) is 2. The first-order valence-corrected chi connectivity index (χ1v) is 2.87. The molecule has 0 aromatic carbocycles. The molecule has 0 N–H and O–H groups in total. The van der Waals surface area contributed by atoms with Crippen molar-refractivity contribution in [1.29, 1.82) is 0 Å². The van der Waals surface area contributed by atoms with Crippen LogP contribution >= 0.6 is 0 Å². The average Bonchev–Trinajstić information content (AvgIpc) is 2.15. The molecule has 0 unspecified atom stereocenters. The van der Waals surface area contributed by atoms with E-state index < -0.39 is 6.43 Å². The monoisotopic (exact) mass is 147 g/mol. The lowest BCUT2D eigenvalue weighted by molar-refractivity contribution is 0.147. The van der Waals surface area contributed by atoms with E-state index >= 15 is 0 Å². The molecule has 1 aromatic rings. The largest absolute Gasteiger partial charge is 0.449 e. The van der Waals surface area contributed by atoms with Gasteiger partial charge in [0.2, 0.25) is 6.43 Å². The molecule has 0 bridgehead atoms. The molecule has 10 heavy (non-hydrogen) atoms. The SMILES string of the molecule is Cc1ocnc1CC(F)F. The second-order valence-electron chi connectivity index (χ2n) is 1.95. The minimum absolute atomic E-state index is 0.317. The number of halogens is 2. The second kappa shape index (κ2) is 2.77. The lowest BCUT2D eigenvalue weighted by Gasteiger charge is -1.93. The van der Waals surface area contributed by atoms with Gasteiger partial charge in [0.25, 0.3) is 0 Å². The van der Waals surface area contributed by atoms with Gasteiger partial charge in [-0.05, 0) is 6.92 Å². The third kappa shape index (κ3) is 1.52. The Kier molecular flexibility index (Phi) is 1.99. The zero-order valence-electron chi connectivity index (χ0n) is 5.47. The van der Waals surface area contributed by atoms with Crippen LogP contribution < -0.4 is 0 Å². The van der Waals surface area contributed by atoms with Crippen LogP contribution in [0.2, 0.25) is 0 Å². The molecule has 0 spiro atoms. The lowest BCUT2D eigenvalue weighted by atomic mass is 10.3. The highest BCUT2D eigenvalue weighted by molar-refractivity contribution is 5.04. The quantitative estimate of drug-likeness (QED) is 0.637. The highest BCUT2D eigenvalue weighted by atomic mass is 19.3. The molecule has 0 aliphatic carbocycles. The number of aryl methyl sites for hydroxylation is 1. The summed E-state index contributed by atoms with van der Waals surface area (Å²) < 4.78 is 28.1. The maximum atomic E-state index is 11.7. The molecule has 0 saturated heterocycles. The van der Waals surface area contributed by atoms with Gasteiger partial charge in [0.1, 0.15) is 5.76 Å². The van der Waals surface area contributed by atoms with Crippen molar-refractivity contribution in [3.8, 4) is 0 Å². The van der Waals surface area contributed by atoms with Crippen LogP contribution in [0.25, 0.3) is 0 Å². The Morgan fingerprint density at radius 2 is 2.40 bits per heavy atom. The summed E-state index contributed by atoms with van der Waals surface area (Å²) in [5, 5.41) is 0. The summed E-state index contributed by atoms with van der Waals surface area (Å²) in [6, 6.07) is 0. The van der Waals surface area contributed by atoms with E-state index in [1.807, 2.05) is 0 Å². The van der Waals surface area contributed by atoms with Crippen molar-refractivity contribution in [2.24, 2.45) is 0 Å². The molecular formula is C6H7F2NO. The number of alkyl halides is 2. The minimum atomic E-state index is -2.34. The molecule has 0 atom stereocenters. The predicted molar refractivity (Wildman–Crippen MR) is 30.9 cm³/mol. The lowest BCUT2D eigenvalue weighted by Crippen LogP contribution is -1.97. The van der Waals surface area contributed by atoms with Crippen molar-refractivity contribution in [3.63, 3.8) is 0 Å². The normalized spacial score (nSPS) is 10.8. The van der Waals surface area contributed by atoms with Gasteiger partial charge in [-0.25, -0.2) is 13.8 Å². The summed E-state index contributed by atoms with van der Waals surface area (Å²) >= 11 is 0. The fourth-order valence-corrected chi connectivity index (χ4v) is 0.671. The van der Waals surface area contributed by atoms with Gasteiger partial charge >= 0.3 is 0 Å². The van der Waals surface area contributed by atoms with E-state index in [0.717, 1.165) is 0 Å². The Hall–Kier alpha value is -0.930. The number of hydrogen-bond donors (Lipinski definition) is 0. The molecule has 0 aliphatic heterocycles. The van der Waals surface area contributed by atoms with Crippen molar-refractivity contribution >= 4 is 0 Å². The standard InChI is InChI=1S/C6H7F2NO/c1-4-5(2-6(7)8)9-3-10-4/h3,6H,2H2,1H3. The van der Waals surface area contributed by atoms with Gasteiger partial charge in [-0.15, -0.1) is 0 Å². The molecule has 1 heterocycles. The maximum Gasteiger partial charge on any atom is 0.244 e. The summed E-state index contributed by atoms with van der Waals surface area (Å²) in [6.07, 6.45) is -1.49. The van der Waals surface area contributed by atoms with Gasteiger partial charge in [-0.3, -0.25) is 0 Å². The van der Waals surface area contributed by atoms with Gasteiger partial charge in [-0.1, -0.05) is 0 Å². The fourth-order valence-electron chi connectivity index (χ4n) is 0.671. The molecular weight excluding hydrogens is 140 g/mol. The van der Waals surface area contributed by atoms with Gasteiger partial charge in [0.15, 0.2) is 6.39 Å². The number of nitrogens with zero attached hydrogens (tertiary/aromatic N) is 1. The van der Waals surface area contributed by atoms with Crippen molar-refractivity contribution in [3.05, 3.63) is 17.8 Å². The van der Waals surface area contributed by atoms with Crippen LogP contribution in [0.4, 0.5) is 8.78 Å². The molecule has 1 aromatic heterocycles. The topological polar surface area (TPSA) is 26.0 Å². The summed E-state index contributed by atoms with van der Waals surface area (Å²) in [7, 11) is 0. The van der Waals surface area contributed by atoms with E-state index in [1.54, 1.807) is 6.92 Å². The third-order valence-corrected chi connectivity index (χ3v) is 1.19. The molecule has 0 aliphatic rings. The zero-order chi connectivity index (χ0) is 7.56. The van der Waals surface area contributed by atoms with Gasteiger partial charge in [-0.2, -0.15) is 0 Å². The molecule has 0 fully saturated rings. The summed E-state index contributed by atoms with van der Waals surface area (Å²) in [6.45, 7) is 1.62. The van der Waals surface area contributed by atoms with E-state index in [9.17, 15) is 8.78 Å². The first-order chi connectivity index (χ1) is 4.70. The Bertz CT molecular complexity index is 209. The van der Waals surface area contributed by atoms with Crippen molar-refractivity contribution < 1.29 is 13.2 Å². The number of oxazole rings is 1. The predicted octanol–water partition coefficient (Wildman–Crippen LogP) is 1.79. The fraction of sp³-hybridized carbons (Fsp3) is 0.500. The van der Waals surface area contributed by atoms with Crippen LogP contribution in [0.1, 0.15) is 11.5 Å². The second-order valence-corrected chi connectivity index (χ2v) is 1.95. The molecule has 56 valence electrons. The maximum absolute atomic E-state index is 11.7. The molecule has 0 saturated carbocycles. The smallest absolute Gasteiger partial charge is 0.244 e. The first-order valence-electron chi connectivity index (χ1n) is 2.87. The number of rotatable bonds is 2. The Balaban J connectivity index is 2.65. The van der Waals surface area contributed by atoms with Crippen molar-refractivity contribution in [2.75, 3.05) is 0 Å². The third-order valence-electron chi connectivity index (χ3n) is 1.19.